The highest BCUT2D eigenvalue weighted by molar-refractivity contribution is 7.13. The molecular formula is C23H22ClFN6O3S. The molecule has 0 spiro atoms. The zero-order valence-electron chi connectivity index (χ0n) is 18.6. The van der Waals surface area contributed by atoms with Gasteiger partial charge in [0.25, 0.3) is 5.91 Å². The van der Waals surface area contributed by atoms with Crippen molar-refractivity contribution < 1.29 is 18.7 Å². The maximum absolute atomic E-state index is 14.3. The van der Waals surface area contributed by atoms with E-state index in [0.29, 0.717) is 62.5 Å². The highest BCUT2D eigenvalue weighted by Crippen LogP contribution is 2.26. The van der Waals surface area contributed by atoms with Crippen LogP contribution in [0.4, 0.5) is 25.8 Å². The molecule has 5 rings (SSSR count). The second-order valence-corrected chi connectivity index (χ2v) is 9.40. The van der Waals surface area contributed by atoms with E-state index in [2.05, 4.69) is 15.2 Å². The predicted octanol–water partition coefficient (Wildman–Crippen LogP) is 3.99. The van der Waals surface area contributed by atoms with Gasteiger partial charge in [-0.3, -0.25) is 14.6 Å². The molecule has 1 aromatic carbocycles. The summed E-state index contributed by atoms with van der Waals surface area (Å²) < 4.78 is 19.4. The third-order valence-electron chi connectivity index (χ3n) is 5.83. The standard InChI is InChI=1S/C23H22ClFN6O3S/c24-18-3-1-2-17(20(18)25)21(32)30-7-5-29(6-8-30)14-15-12-16(31-9-10-34-23(31)33)13-19(27-15)28-22-26-4-11-35-22/h1-4,11-13H,5-10,14H2,(H,26,27,28). The number of thiazole rings is 1. The second-order valence-electron chi connectivity index (χ2n) is 8.10. The fourth-order valence-electron chi connectivity index (χ4n) is 4.07. The molecule has 2 saturated heterocycles. The molecule has 0 aliphatic carbocycles. The van der Waals surface area contributed by atoms with E-state index < -0.39 is 5.82 Å². The van der Waals surface area contributed by atoms with Crippen molar-refractivity contribution in [2.24, 2.45) is 0 Å². The number of pyridine rings is 1. The highest BCUT2D eigenvalue weighted by atomic mass is 35.5. The zero-order chi connectivity index (χ0) is 24.4. The molecule has 4 heterocycles. The van der Waals surface area contributed by atoms with Gasteiger partial charge in [0.05, 0.1) is 28.5 Å². The summed E-state index contributed by atoms with van der Waals surface area (Å²) in [5, 5.41) is 5.69. The number of nitrogens with one attached hydrogen (secondary N) is 1. The Morgan fingerprint density at radius 2 is 2.03 bits per heavy atom. The summed E-state index contributed by atoms with van der Waals surface area (Å²) in [6.45, 7) is 3.44. The molecule has 2 aliphatic rings. The van der Waals surface area contributed by atoms with Gasteiger partial charge in [-0.1, -0.05) is 17.7 Å². The molecule has 1 N–H and O–H groups in total. The summed E-state index contributed by atoms with van der Waals surface area (Å²) in [5.74, 6) is -0.479. The maximum Gasteiger partial charge on any atom is 0.414 e. The summed E-state index contributed by atoms with van der Waals surface area (Å²) in [6, 6.07) is 8.12. The smallest absolute Gasteiger partial charge is 0.414 e. The monoisotopic (exact) mass is 516 g/mol. The van der Waals surface area contributed by atoms with Crippen LogP contribution >= 0.6 is 22.9 Å². The van der Waals surface area contributed by atoms with Crippen molar-refractivity contribution in [3.05, 3.63) is 64.0 Å². The number of nitrogens with zero attached hydrogens (tertiary/aromatic N) is 5. The minimum Gasteiger partial charge on any atom is -0.447 e. The number of piperazine rings is 1. The van der Waals surface area contributed by atoms with Crippen molar-refractivity contribution in [1.29, 1.82) is 0 Å². The molecule has 0 radical (unpaired) electrons. The molecule has 2 aliphatic heterocycles. The van der Waals surface area contributed by atoms with E-state index in [1.165, 1.54) is 23.5 Å². The summed E-state index contributed by atoms with van der Waals surface area (Å²) in [5.41, 5.74) is 1.44. The molecule has 35 heavy (non-hydrogen) atoms. The number of amides is 2. The first-order chi connectivity index (χ1) is 17.0. The van der Waals surface area contributed by atoms with Gasteiger partial charge in [0.2, 0.25) is 0 Å². The Balaban J connectivity index is 1.28. The van der Waals surface area contributed by atoms with Crippen molar-refractivity contribution in [1.82, 2.24) is 19.8 Å². The van der Waals surface area contributed by atoms with Crippen LogP contribution in [-0.2, 0) is 11.3 Å². The van der Waals surface area contributed by atoms with Crippen molar-refractivity contribution in [3.63, 3.8) is 0 Å². The van der Waals surface area contributed by atoms with Crippen LogP contribution in [0.5, 0.6) is 0 Å². The first-order valence-electron chi connectivity index (χ1n) is 11.1. The fourth-order valence-corrected chi connectivity index (χ4v) is 4.78. The molecule has 3 aromatic rings. The molecule has 0 atom stereocenters. The number of carbonyl (C=O) groups excluding carboxylic acids is 2. The molecule has 182 valence electrons. The van der Waals surface area contributed by atoms with Gasteiger partial charge >= 0.3 is 6.09 Å². The number of hydrogen-bond donors (Lipinski definition) is 1. The Morgan fingerprint density at radius 1 is 1.20 bits per heavy atom. The van der Waals surface area contributed by atoms with E-state index in [1.54, 1.807) is 28.1 Å². The number of aromatic nitrogens is 2. The van der Waals surface area contributed by atoms with Crippen molar-refractivity contribution >= 4 is 51.6 Å². The quantitative estimate of drug-likeness (QED) is 0.529. The van der Waals surface area contributed by atoms with Gasteiger partial charge < -0.3 is 15.0 Å². The van der Waals surface area contributed by atoms with Crippen LogP contribution in [0.2, 0.25) is 5.02 Å². The average Bonchev–Trinajstić information content (AvgIpc) is 3.52. The van der Waals surface area contributed by atoms with Gasteiger partial charge in [0, 0.05) is 50.4 Å². The first kappa shape index (κ1) is 23.5. The largest absolute Gasteiger partial charge is 0.447 e. The second kappa shape index (κ2) is 10.1. The van der Waals surface area contributed by atoms with E-state index in [-0.39, 0.29) is 22.6 Å². The molecular weight excluding hydrogens is 495 g/mol. The molecule has 9 nitrogen and oxygen atoms in total. The Labute approximate surface area is 210 Å². The van der Waals surface area contributed by atoms with Gasteiger partial charge in [-0.15, -0.1) is 11.3 Å². The summed E-state index contributed by atoms with van der Waals surface area (Å²) in [6.07, 6.45) is 1.31. The summed E-state index contributed by atoms with van der Waals surface area (Å²) in [4.78, 5) is 39.3. The highest BCUT2D eigenvalue weighted by Gasteiger charge is 2.27. The lowest BCUT2D eigenvalue weighted by Crippen LogP contribution is -2.48. The van der Waals surface area contributed by atoms with Crippen LogP contribution in [0.1, 0.15) is 16.1 Å². The Kier molecular flexibility index (Phi) is 6.80. The number of rotatable bonds is 6. The molecule has 0 saturated carbocycles. The number of halogens is 2. The third-order valence-corrected chi connectivity index (χ3v) is 6.81. The molecule has 12 heteroatoms. The SMILES string of the molecule is O=C(c1cccc(Cl)c1F)N1CCN(Cc2cc(N3CCOC3=O)cc(Nc3nccs3)n2)CC1. The van der Waals surface area contributed by atoms with E-state index >= 15 is 0 Å². The minimum absolute atomic E-state index is 0.0179. The van der Waals surface area contributed by atoms with Crippen LogP contribution in [-0.4, -0.2) is 71.1 Å². The number of ether oxygens (including phenoxy) is 1. The summed E-state index contributed by atoms with van der Waals surface area (Å²) in [7, 11) is 0. The number of benzene rings is 1. The Morgan fingerprint density at radius 3 is 2.74 bits per heavy atom. The number of cyclic esters (lactones) is 1. The van der Waals surface area contributed by atoms with Crippen molar-refractivity contribution in [2.75, 3.05) is 49.5 Å². The van der Waals surface area contributed by atoms with Gasteiger partial charge in [-0.2, -0.15) is 0 Å². The fraction of sp³-hybridized carbons (Fsp3) is 0.304. The van der Waals surface area contributed by atoms with Gasteiger partial charge in [0.1, 0.15) is 12.4 Å². The number of carbonyl (C=O) groups is 2. The van der Waals surface area contributed by atoms with Crippen molar-refractivity contribution in [2.45, 2.75) is 6.54 Å². The molecule has 0 bridgehead atoms. The average molecular weight is 517 g/mol. The zero-order valence-corrected chi connectivity index (χ0v) is 20.2. The van der Waals surface area contributed by atoms with Gasteiger partial charge in [-0.05, 0) is 18.2 Å². The van der Waals surface area contributed by atoms with Crippen LogP contribution < -0.4 is 10.2 Å². The van der Waals surface area contributed by atoms with Crippen LogP contribution in [0.15, 0.2) is 41.9 Å². The van der Waals surface area contributed by atoms with Gasteiger partial charge in [0.15, 0.2) is 10.9 Å². The lowest BCUT2D eigenvalue weighted by Gasteiger charge is -2.34. The normalized spacial score (nSPS) is 16.5. The van der Waals surface area contributed by atoms with E-state index in [0.717, 1.165) is 5.69 Å². The maximum atomic E-state index is 14.3. The molecule has 2 fully saturated rings. The lowest BCUT2D eigenvalue weighted by molar-refractivity contribution is 0.0622. The Hall–Kier alpha value is -3.28. The summed E-state index contributed by atoms with van der Waals surface area (Å²) >= 11 is 7.29. The van der Waals surface area contributed by atoms with E-state index in [4.69, 9.17) is 21.3 Å². The van der Waals surface area contributed by atoms with E-state index in [9.17, 15) is 14.0 Å². The first-order valence-corrected chi connectivity index (χ1v) is 12.3. The van der Waals surface area contributed by atoms with E-state index in [1.807, 2.05) is 11.4 Å². The van der Waals surface area contributed by atoms with Crippen LogP contribution in [0.25, 0.3) is 0 Å². The lowest BCUT2D eigenvalue weighted by atomic mass is 10.1. The van der Waals surface area contributed by atoms with Gasteiger partial charge in [-0.25, -0.2) is 19.2 Å². The Bertz CT molecular complexity index is 1240. The predicted molar refractivity (Wildman–Crippen MR) is 131 cm³/mol. The van der Waals surface area contributed by atoms with Crippen LogP contribution in [0.3, 0.4) is 0 Å². The topological polar surface area (TPSA) is 90.9 Å². The minimum atomic E-state index is -0.691. The third kappa shape index (κ3) is 5.21. The molecule has 2 aromatic heterocycles. The van der Waals surface area contributed by atoms with Crippen LogP contribution in [0, 0.1) is 5.82 Å². The molecule has 2 amide bonds. The van der Waals surface area contributed by atoms with Crippen molar-refractivity contribution in [3.8, 4) is 0 Å². The number of hydrogen-bond acceptors (Lipinski definition) is 8. The number of anilines is 3. The molecule has 0 unspecified atom stereocenters.